The van der Waals surface area contributed by atoms with E-state index in [2.05, 4.69) is 105 Å². The van der Waals surface area contributed by atoms with Crippen molar-refractivity contribution in [2.45, 2.75) is 93.3 Å². The van der Waals surface area contributed by atoms with E-state index in [9.17, 15) is 4.79 Å². The van der Waals surface area contributed by atoms with Crippen LogP contribution in [-0.4, -0.2) is 36.6 Å². The van der Waals surface area contributed by atoms with Crippen molar-refractivity contribution in [3.05, 3.63) is 83.3 Å². The van der Waals surface area contributed by atoms with Crippen LogP contribution in [-0.2, 0) is 19.4 Å². The van der Waals surface area contributed by atoms with Crippen LogP contribution in [0.15, 0.2) is 67.3 Å². The van der Waals surface area contributed by atoms with Gasteiger partial charge in [-0.15, -0.1) is 17.9 Å². The molecular formula is C33H53N3OS. The number of carbonyl (C=O) groups is 1. The fourth-order valence-corrected chi connectivity index (χ4v) is 5.12. The van der Waals surface area contributed by atoms with Gasteiger partial charge in [-0.2, -0.15) is 0 Å². The highest BCUT2D eigenvalue weighted by molar-refractivity contribution is 7.19. The molecule has 212 valence electrons. The molecule has 0 spiro atoms. The Kier molecular flexibility index (Phi) is 19.8. The molecular weight excluding hydrogens is 486 g/mol. The van der Waals surface area contributed by atoms with Gasteiger partial charge in [0.2, 0.25) is 0 Å². The molecule has 0 aliphatic carbocycles. The number of thiophene rings is 1. The Morgan fingerprint density at radius 2 is 1.63 bits per heavy atom. The number of nitrogens with zero attached hydrogens (tertiary/aromatic N) is 1. The van der Waals surface area contributed by atoms with Crippen LogP contribution >= 0.6 is 11.3 Å². The Labute approximate surface area is 237 Å². The summed E-state index contributed by atoms with van der Waals surface area (Å²) in [4.78, 5) is 16.0. The Morgan fingerprint density at radius 1 is 1.08 bits per heavy atom. The molecule has 2 unspecified atom stereocenters. The highest BCUT2D eigenvalue weighted by atomic mass is 32.1. The third-order valence-corrected chi connectivity index (χ3v) is 6.62. The maximum absolute atomic E-state index is 12.4. The summed E-state index contributed by atoms with van der Waals surface area (Å²) >= 11 is 1.80. The summed E-state index contributed by atoms with van der Waals surface area (Å²) in [5, 5.41) is 7.43. The Bertz CT molecular complexity index is 997. The fraction of sp³-hybridized carbons (Fsp3) is 0.485. The number of benzene rings is 2. The number of amides is 2. The monoisotopic (exact) mass is 539 g/mol. The molecule has 3 aromatic rings. The number of carbonyl (C=O) groups excluding carboxylic acids is 1. The van der Waals surface area contributed by atoms with Crippen molar-refractivity contribution in [3.8, 4) is 0 Å². The summed E-state index contributed by atoms with van der Waals surface area (Å²) in [5.74, 6) is 0. The second-order valence-electron chi connectivity index (χ2n) is 8.87. The number of urea groups is 1. The van der Waals surface area contributed by atoms with Crippen molar-refractivity contribution < 1.29 is 4.79 Å². The van der Waals surface area contributed by atoms with Gasteiger partial charge in [-0.25, -0.2) is 4.79 Å². The molecule has 38 heavy (non-hydrogen) atoms. The Hall–Kier alpha value is -2.63. The lowest BCUT2D eigenvalue weighted by molar-refractivity contribution is 0.202. The zero-order chi connectivity index (χ0) is 28.9. The van der Waals surface area contributed by atoms with E-state index in [1.54, 1.807) is 17.4 Å². The molecule has 2 atom stereocenters. The van der Waals surface area contributed by atoms with Gasteiger partial charge >= 0.3 is 6.03 Å². The van der Waals surface area contributed by atoms with Crippen molar-refractivity contribution in [2.75, 3.05) is 13.6 Å². The molecule has 2 amide bonds. The minimum Gasteiger partial charge on any atom is -0.337 e. The smallest absolute Gasteiger partial charge is 0.315 e. The molecule has 4 rings (SSSR count). The molecule has 2 aromatic carbocycles. The molecule has 0 fully saturated rings. The maximum Gasteiger partial charge on any atom is 0.315 e. The Morgan fingerprint density at radius 3 is 2.24 bits per heavy atom. The van der Waals surface area contributed by atoms with Gasteiger partial charge in [0.1, 0.15) is 0 Å². The standard InChI is InChI=1S/C23H27N3OS.C3H8.C3H6.2C2H6/c1-16(11-21-13-18-8-5-6-10-22(18)28-21)25-23(27)24-14-20-12-17-7-3-4-9-19(17)15-26(20)2;2*1-3-2;2*1-2/h3-10,13,16,20H,11-12,14-15H2,1-2H3,(H2,24,25,27);3H2,1-2H3;3H,1H2,2H3;2*1-2H3. The van der Waals surface area contributed by atoms with Crippen LogP contribution in [0.2, 0.25) is 0 Å². The van der Waals surface area contributed by atoms with Gasteiger partial charge in [0.25, 0.3) is 0 Å². The molecule has 0 saturated carbocycles. The largest absolute Gasteiger partial charge is 0.337 e. The second kappa shape index (κ2) is 21.3. The zero-order valence-electron chi connectivity index (χ0n) is 25.4. The molecule has 0 bridgehead atoms. The van der Waals surface area contributed by atoms with Crippen molar-refractivity contribution >= 4 is 27.5 Å². The van der Waals surface area contributed by atoms with Crippen LogP contribution in [0.25, 0.3) is 10.1 Å². The van der Waals surface area contributed by atoms with Crippen molar-refractivity contribution in [1.82, 2.24) is 15.5 Å². The highest BCUT2D eigenvalue weighted by Gasteiger charge is 2.23. The number of fused-ring (bicyclic) bond motifs is 2. The lowest BCUT2D eigenvalue weighted by Gasteiger charge is -2.34. The minimum atomic E-state index is -0.0825. The predicted molar refractivity (Wildman–Crippen MR) is 171 cm³/mol. The van der Waals surface area contributed by atoms with E-state index in [-0.39, 0.29) is 12.1 Å². The van der Waals surface area contributed by atoms with Crippen molar-refractivity contribution in [2.24, 2.45) is 0 Å². The number of likely N-dealkylation sites (N-methyl/N-ethyl adjacent to an activating group) is 1. The second-order valence-corrected chi connectivity index (χ2v) is 10.0. The minimum absolute atomic E-state index is 0.0825. The van der Waals surface area contributed by atoms with E-state index in [1.807, 2.05) is 34.6 Å². The summed E-state index contributed by atoms with van der Waals surface area (Å²) in [6.45, 7) is 21.2. The van der Waals surface area contributed by atoms with Gasteiger partial charge in [0.15, 0.2) is 0 Å². The first-order valence-electron chi connectivity index (χ1n) is 14.3. The zero-order valence-corrected chi connectivity index (χ0v) is 26.3. The molecule has 1 aliphatic rings. The highest BCUT2D eigenvalue weighted by Crippen LogP contribution is 2.26. The number of rotatable bonds is 5. The molecule has 0 radical (unpaired) electrons. The molecule has 0 saturated heterocycles. The number of hydrogen-bond acceptors (Lipinski definition) is 3. The first-order chi connectivity index (χ1) is 18.4. The molecule has 2 heterocycles. The van der Waals surface area contributed by atoms with Gasteiger partial charge in [-0.3, -0.25) is 4.90 Å². The summed E-state index contributed by atoms with van der Waals surface area (Å²) in [6.07, 6.45) is 4.83. The van der Waals surface area contributed by atoms with Crippen LogP contribution in [0.3, 0.4) is 0 Å². The summed E-state index contributed by atoms with van der Waals surface area (Å²) in [6, 6.07) is 19.6. The summed E-state index contributed by atoms with van der Waals surface area (Å²) in [5.41, 5.74) is 2.79. The van der Waals surface area contributed by atoms with Gasteiger partial charge in [0, 0.05) is 41.2 Å². The van der Waals surface area contributed by atoms with E-state index in [4.69, 9.17) is 0 Å². The first kappa shape index (κ1) is 35.4. The molecule has 2 N–H and O–H groups in total. The van der Waals surface area contributed by atoms with E-state index in [1.165, 1.54) is 32.5 Å². The van der Waals surface area contributed by atoms with Crippen LogP contribution in [0.1, 0.15) is 77.8 Å². The average Bonchev–Trinajstić information content (AvgIpc) is 3.33. The molecule has 1 aromatic heterocycles. The predicted octanol–water partition coefficient (Wildman–Crippen LogP) is 8.85. The Balaban J connectivity index is 0.00000121. The SMILES string of the molecule is C=CC.CC.CC.CC(Cc1cc2ccccc2s1)NC(=O)NCC1Cc2ccccc2CN1C.CCC. The molecule has 4 nitrogen and oxygen atoms in total. The summed E-state index contributed by atoms with van der Waals surface area (Å²) in [7, 11) is 2.13. The van der Waals surface area contributed by atoms with Crippen molar-refractivity contribution in [3.63, 3.8) is 0 Å². The van der Waals surface area contributed by atoms with E-state index in [0.29, 0.717) is 12.6 Å². The lowest BCUT2D eigenvalue weighted by Crippen LogP contribution is -2.49. The van der Waals surface area contributed by atoms with Gasteiger partial charge in [-0.1, -0.05) is 96.5 Å². The number of hydrogen-bond donors (Lipinski definition) is 2. The van der Waals surface area contributed by atoms with Gasteiger partial charge in [-0.05, 0) is 56.0 Å². The van der Waals surface area contributed by atoms with E-state index < -0.39 is 0 Å². The third-order valence-electron chi connectivity index (χ3n) is 5.48. The topological polar surface area (TPSA) is 44.4 Å². The van der Waals surface area contributed by atoms with Crippen LogP contribution < -0.4 is 10.6 Å². The first-order valence-corrected chi connectivity index (χ1v) is 15.1. The number of allylic oxidation sites excluding steroid dienone is 1. The average molecular weight is 540 g/mol. The number of nitrogens with one attached hydrogen (secondary N) is 2. The lowest BCUT2D eigenvalue weighted by atomic mass is 9.94. The summed E-state index contributed by atoms with van der Waals surface area (Å²) < 4.78 is 1.30. The van der Waals surface area contributed by atoms with Crippen LogP contribution in [0.4, 0.5) is 4.79 Å². The molecule has 1 aliphatic heterocycles. The normalized spacial score (nSPS) is 14.3. The van der Waals surface area contributed by atoms with Crippen molar-refractivity contribution in [1.29, 1.82) is 0 Å². The van der Waals surface area contributed by atoms with E-state index >= 15 is 0 Å². The quantitative estimate of drug-likeness (QED) is 0.318. The maximum atomic E-state index is 12.4. The van der Waals surface area contributed by atoms with E-state index in [0.717, 1.165) is 19.4 Å². The van der Waals surface area contributed by atoms with Crippen LogP contribution in [0, 0.1) is 0 Å². The van der Waals surface area contributed by atoms with Crippen LogP contribution in [0.5, 0.6) is 0 Å². The van der Waals surface area contributed by atoms with Gasteiger partial charge < -0.3 is 10.6 Å². The molecule has 5 heteroatoms. The fourth-order valence-electron chi connectivity index (χ4n) is 3.92. The van der Waals surface area contributed by atoms with Gasteiger partial charge in [0.05, 0.1) is 0 Å². The third kappa shape index (κ3) is 12.7.